The van der Waals surface area contributed by atoms with E-state index in [1.54, 1.807) is 0 Å². The predicted molar refractivity (Wildman–Crippen MR) is 86.8 cm³/mol. The number of allylic oxidation sites excluding steroid dienone is 2. The van der Waals surface area contributed by atoms with Gasteiger partial charge in [0.1, 0.15) is 0 Å². The van der Waals surface area contributed by atoms with Gasteiger partial charge >= 0.3 is 0 Å². The first kappa shape index (κ1) is 14.7. The molecule has 96 valence electrons. The maximum Gasteiger partial charge on any atom is -0.0257 e. The van der Waals surface area contributed by atoms with Crippen LogP contribution in [0.1, 0.15) is 18.1 Å². The molecular formula is C19H20. The van der Waals surface area contributed by atoms with E-state index >= 15 is 0 Å². The van der Waals surface area contributed by atoms with Crippen molar-refractivity contribution in [2.24, 2.45) is 0 Å². The largest absolute Gasteiger partial charge is 0.0985 e. The van der Waals surface area contributed by atoms with Crippen LogP contribution in [0.4, 0.5) is 0 Å². The van der Waals surface area contributed by atoms with Crippen molar-refractivity contribution in [2.75, 3.05) is 0 Å². The van der Waals surface area contributed by atoms with Gasteiger partial charge in [0.05, 0.1) is 0 Å². The van der Waals surface area contributed by atoms with E-state index in [9.17, 15) is 0 Å². The first-order valence-electron chi connectivity index (χ1n) is 6.28. The zero-order chi connectivity index (χ0) is 13.9. The number of hydrogen-bond donors (Lipinski definition) is 0. The smallest absolute Gasteiger partial charge is 0.0257 e. The molecular weight excluding hydrogens is 228 g/mol. The van der Waals surface area contributed by atoms with Crippen LogP contribution in [0.25, 0.3) is 12.2 Å². The van der Waals surface area contributed by atoms with Gasteiger partial charge in [-0.25, -0.2) is 0 Å². The third kappa shape index (κ3) is 6.85. The zero-order valence-corrected chi connectivity index (χ0v) is 11.4. The van der Waals surface area contributed by atoms with Gasteiger partial charge in [-0.05, 0) is 18.1 Å². The Balaban J connectivity index is 0.000000200. The number of benzene rings is 2. The molecule has 19 heavy (non-hydrogen) atoms. The molecule has 0 saturated heterocycles. The molecule has 0 amide bonds. The van der Waals surface area contributed by atoms with Crippen LogP contribution in [0.15, 0.2) is 85.5 Å². The summed E-state index contributed by atoms with van der Waals surface area (Å²) < 4.78 is 0. The second-order valence-corrected chi connectivity index (χ2v) is 4.21. The van der Waals surface area contributed by atoms with Crippen molar-refractivity contribution in [1.82, 2.24) is 0 Å². The highest BCUT2D eigenvalue weighted by molar-refractivity contribution is 5.51. The lowest BCUT2D eigenvalue weighted by atomic mass is 10.2. The van der Waals surface area contributed by atoms with E-state index in [2.05, 4.69) is 31.4 Å². The van der Waals surface area contributed by atoms with Crippen LogP contribution >= 0.6 is 0 Å². The predicted octanol–water partition coefficient (Wildman–Crippen LogP) is 5.61. The van der Waals surface area contributed by atoms with Gasteiger partial charge in [-0.15, -0.1) is 0 Å². The SMILES string of the molecule is C=C(C)C=Cc1ccccc1.C=Cc1ccccc1. The van der Waals surface area contributed by atoms with Gasteiger partial charge < -0.3 is 0 Å². The molecule has 0 aliphatic carbocycles. The van der Waals surface area contributed by atoms with Gasteiger partial charge in [0, 0.05) is 0 Å². The zero-order valence-electron chi connectivity index (χ0n) is 11.4. The number of rotatable bonds is 3. The normalized spacial score (nSPS) is 9.53. The Morgan fingerprint density at radius 1 is 0.842 bits per heavy atom. The van der Waals surface area contributed by atoms with E-state index in [0.29, 0.717) is 0 Å². The fourth-order valence-corrected chi connectivity index (χ4v) is 1.39. The van der Waals surface area contributed by atoms with E-state index in [1.165, 1.54) is 11.1 Å². The van der Waals surface area contributed by atoms with E-state index in [1.807, 2.05) is 67.6 Å². The average molecular weight is 248 g/mol. The molecule has 0 bridgehead atoms. The molecule has 0 aromatic heterocycles. The Hall–Kier alpha value is -2.34. The third-order valence-electron chi connectivity index (χ3n) is 2.40. The van der Waals surface area contributed by atoms with Crippen LogP contribution in [-0.4, -0.2) is 0 Å². The fraction of sp³-hybridized carbons (Fsp3) is 0.0526. The minimum Gasteiger partial charge on any atom is -0.0985 e. The summed E-state index contributed by atoms with van der Waals surface area (Å²) in [6.07, 6.45) is 5.90. The lowest BCUT2D eigenvalue weighted by Crippen LogP contribution is -1.68. The molecule has 2 aromatic carbocycles. The summed E-state index contributed by atoms with van der Waals surface area (Å²) in [5.74, 6) is 0. The van der Waals surface area contributed by atoms with Crippen LogP contribution in [0, 0.1) is 0 Å². The van der Waals surface area contributed by atoms with Crippen LogP contribution in [0.3, 0.4) is 0 Å². The van der Waals surface area contributed by atoms with Gasteiger partial charge in [0.25, 0.3) is 0 Å². The van der Waals surface area contributed by atoms with Gasteiger partial charge in [-0.2, -0.15) is 0 Å². The fourth-order valence-electron chi connectivity index (χ4n) is 1.39. The molecule has 0 aliphatic rings. The summed E-state index contributed by atoms with van der Waals surface area (Å²) in [6, 6.07) is 20.2. The number of hydrogen-bond acceptors (Lipinski definition) is 0. The molecule has 0 saturated carbocycles. The molecule has 0 spiro atoms. The summed E-state index contributed by atoms with van der Waals surface area (Å²) >= 11 is 0. The van der Waals surface area contributed by atoms with Crippen molar-refractivity contribution in [2.45, 2.75) is 6.92 Å². The molecule has 2 rings (SSSR count). The van der Waals surface area contributed by atoms with Gasteiger partial charge in [0.15, 0.2) is 0 Å². The van der Waals surface area contributed by atoms with E-state index < -0.39 is 0 Å². The Kier molecular flexibility index (Phi) is 6.75. The summed E-state index contributed by atoms with van der Waals surface area (Å²) in [5.41, 5.74) is 3.47. The monoisotopic (exact) mass is 248 g/mol. The van der Waals surface area contributed by atoms with Gasteiger partial charge in [-0.1, -0.05) is 97.6 Å². The Labute approximate surface area is 116 Å². The van der Waals surface area contributed by atoms with E-state index in [-0.39, 0.29) is 0 Å². The topological polar surface area (TPSA) is 0 Å². The standard InChI is InChI=1S/C11H12.C8H8/c1-10(2)8-9-11-6-4-3-5-7-11;1-2-8-6-4-3-5-7-8/h3-9H,1H2,2H3;2-7H,1H2. The van der Waals surface area contributed by atoms with Crippen molar-refractivity contribution in [1.29, 1.82) is 0 Å². The molecule has 0 radical (unpaired) electrons. The van der Waals surface area contributed by atoms with Gasteiger partial charge in [-0.3, -0.25) is 0 Å². The minimum absolute atomic E-state index is 1.08. The molecule has 0 atom stereocenters. The first-order valence-corrected chi connectivity index (χ1v) is 6.28. The summed E-state index contributed by atoms with van der Waals surface area (Å²) in [6.45, 7) is 9.40. The molecule has 0 nitrogen and oxygen atoms in total. The van der Waals surface area contributed by atoms with E-state index in [4.69, 9.17) is 0 Å². The summed E-state index contributed by atoms with van der Waals surface area (Å²) in [7, 11) is 0. The average Bonchev–Trinajstić information content (AvgIpc) is 2.48. The second-order valence-electron chi connectivity index (χ2n) is 4.21. The van der Waals surface area contributed by atoms with Crippen LogP contribution < -0.4 is 0 Å². The third-order valence-corrected chi connectivity index (χ3v) is 2.40. The van der Waals surface area contributed by atoms with E-state index in [0.717, 1.165) is 5.57 Å². The molecule has 2 aromatic rings. The van der Waals surface area contributed by atoms with Crippen molar-refractivity contribution in [3.05, 3.63) is 96.6 Å². The molecule has 0 heteroatoms. The Bertz CT molecular complexity index is 518. The maximum absolute atomic E-state index is 3.78. The first-order chi connectivity index (χ1) is 9.22. The Morgan fingerprint density at radius 3 is 1.68 bits per heavy atom. The highest BCUT2D eigenvalue weighted by Gasteiger charge is 1.80. The highest BCUT2D eigenvalue weighted by atomic mass is 13.9. The van der Waals surface area contributed by atoms with Gasteiger partial charge in [0.2, 0.25) is 0 Å². The van der Waals surface area contributed by atoms with Crippen LogP contribution in [-0.2, 0) is 0 Å². The second kappa shape index (κ2) is 8.71. The molecule has 0 N–H and O–H groups in total. The minimum atomic E-state index is 1.08. The maximum atomic E-state index is 3.78. The quantitative estimate of drug-likeness (QED) is 0.620. The van der Waals surface area contributed by atoms with Crippen molar-refractivity contribution >= 4 is 12.2 Å². The molecule has 0 unspecified atom stereocenters. The lowest BCUT2D eigenvalue weighted by molar-refractivity contribution is 1.57. The van der Waals surface area contributed by atoms with Crippen molar-refractivity contribution in [3.63, 3.8) is 0 Å². The van der Waals surface area contributed by atoms with Crippen LogP contribution in [0.2, 0.25) is 0 Å². The van der Waals surface area contributed by atoms with Crippen LogP contribution in [0.5, 0.6) is 0 Å². The van der Waals surface area contributed by atoms with Crippen molar-refractivity contribution < 1.29 is 0 Å². The molecule has 0 aliphatic heterocycles. The Morgan fingerprint density at radius 2 is 1.32 bits per heavy atom. The van der Waals surface area contributed by atoms with Crippen molar-refractivity contribution in [3.8, 4) is 0 Å². The summed E-state index contributed by atoms with van der Waals surface area (Å²) in [4.78, 5) is 0. The summed E-state index contributed by atoms with van der Waals surface area (Å²) in [5, 5.41) is 0. The molecule has 0 heterocycles. The highest BCUT2D eigenvalue weighted by Crippen LogP contribution is 2.02. The molecule has 0 fully saturated rings. The lowest BCUT2D eigenvalue weighted by Gasteiger charge is -1.90.